The maximum atomic E-state index is 13.5. The van der Waals surface area contributed by atoms with Crippen LogP contribution < -0.4 is 10.5 Å². The fraction of sp³-hybridized carbons (Fsp3) is 0.708. The fourth-order valence-corrected chi connectivity index (χ4v) is 7.24. The zero-order valence-electron chi connectivity index (χ0n) is 18.9. The molecule has 2 amide bonds. The van der Waals surface area contributed by atoms with Crippen LogP contribution in [0.5, 0.6) is 5.88 Å². The van der Waals surface area contributed by atoms with Gasteiger partial charge in [0, 0.05) is 36.2 Å². The lowest BCUT2D eigenvalue weighted by molar-refractivity contribution is -0.159. The number of halogens is 3. The van der Waals surface area contributed by atoms with E-state index in [4.69, 9.17) is 10.5 Å². The van der Waals surface area contributed by atoms with Crippen LogP contribution in [0.1, 0.15) is 51.5 Å². The van der Waals surface area contributed by atoms with Gasteiger partial charge in [0.1, 0.15) is 0 Å². The molecule has 0 radical (unpaired) electrons. The summed E-state index contributed by atoms with van der Waals surface area (Å²) in [5.41, 5.74) is 3.93. The van der Waals surface area contributed by atoms with E-state index < -0.39 is 22.6 Å². The van der Waals surface area contributed by atoms with Crippen LogP contribution in [0.3, 0.4) is 0 Å². The second kappa shape index (κ2) is 7.34. The minimum Gasteiger partial charge on any atom is -0.477 e. The molecule has 33 heavy (non-hydrogen) atoms. The molecular formula is C24H30F3N3O3. The van der Waals surface area contributed by atoms with Crippen LogP contribution in [0, 0.1) is 34.5 Å². The fourth-order valence-electron chi connectivity index (χ4n) is 7.24. The Kier molecular flexibility index (Phi) is 5.00. The van der Waals surface area contributed by atoms with E-state index in [-0.39, 0.29) is 36.3 Å². The molecule has 180 valence electrons. The Hall–Kier alpha value is -2.32. The minimum atomic E-state index is -4.45. The molecule has 1 saturated heterocycles. The number of pyridine rings is 1. The molecule has 4 bridgehead atoms. The number of alkyl halides is 3. The van der Waals surface area contributed by atoms with Crippen molar-refractivity contribution in [3.8, 4) is 5.88 Å². The summed E-state index contributed by atoms with van der Waals surface area (Å²) in [6.45, 7) is 4.55. The van der Waals surface area contributed by atoms with Crippen LogP contribution in [0.25, 0.3) is 0 Å². The first-order valence-electron chi connectivity index (χ1n) is 11.7. The lowest BCUT2D eigenvalue weighted by Crippen LogP contribution is -2.62. The van der Waals surface area contributed by atoms with Crippen molar-refractivity contribution in [2.24, 2.45) is 40.2 Å². The average Bonchev–Trinajstić information content (AvgIpc) is 2.94. The zero-order valence-corrected chi connectivity index (χ0v) is 18.9. The van der Waals surface area contributed by atoms with Crippen molar-refractivity contribution >= 4 is 11.8 Å². The quantitative estimate of drug-likeness (QED) is 0.720. The number of amides is 2. The molecule has 0 aromatic carbocycles. The second-order valence-electron chi connectivity index (χ2n) is 11.2. The van der Waals surface area contributed by atoms with Crippen molar-refractivity contribution in [2.75, 3.05) is 13.2 Å². The van der Waals surface area contributed by atoms with Gasteiger partial charge in [0.05, 0.1) is 17.6 Å². The Morgan fingerprint density at radius 2 is 1.88 bits per heavy atom. The number of nitrogens with two attached hydrogens (primary N) is 1. The van der Waals surface area contributed by atoms with Gasteiger partial charge >= 0.3 is 6.18 Å². The molecule has 2 heterocycles. The van der Waals surface area contributed by atoms with Crippen LogP contribution in [-0.2, 0) is 15.8 Å². The first-order chi connectivity index (χ1) is 15.4. The number of nitrogens with zero attached hydrogens (tertiary/aromatic N) is 2. The van der Waals surface area contributed by atoms with Crippen LogP contribution in [0.15, 0.2) is 18.3 Å². The first-order valence-corrected chi connectivity index (χ1v) is 11.7. The molecule has 4 saturated carbocycles. The Balaban J connectivity index is 1.29. The van der Waals surface area contributed by atoms with Gasteiger partial charge in [-0.05, 0) is 55.9 Å². The molecule has 1 aromatic rings. The van der Waals surface area contributed by atoms with E-state index in [0.717, 1.165) is 44.4 Å². The molecule has 3 atom stereocenters. The molecule has 1 aromatic heterocycles. The van der Waals surface area contributed by atoms with Crippen LogP contribution in [0.2, 0.25) is 0 Å². The molecule has 6 rings (SSSR count). The number of ether oxygens (including phenoxy) is 1. The number of hydrogen-bond acceptors (Lipinski definition) is 4. The maximum Gasteiger partial charge on any atom is 0.417 e. The standard InChI is InChI=1S/C24H30F3N3O3/c1-22(2)17(12-33-18-4-3-16(10-29-18)24(25,26)27)11-30(21(22)32)19-14-5-13-6-15(19)9-23(7-13,8-14)20(28)31/h3-4,10,13-15,17,19H,5-9,11-12H2,1-2H3,(H2,28,31). The topological polar surface area (TPSA) is 85.5 Å². The molecule has 4 aliphatic carbocycles. The summed E-state index contributed by atoms with van der Waals surface area (Å²) in [5.74, 6) is 0.992. The van der Waals surface area contributed by atoms with E-state index in [2.05, 4.69) is 4.98 Å². The van der Waals surface area contributed by atoms with Crippen molar-refractivity contribution in [1.82, 2.24) is 9.88 Å². The molecular weight excluding hydrogens is 435 g/mol. The monoisotopic (exact) mass is 465 g/mol. The van der Waals surface area contributed by atoms with E-state index in [9.17, 15) is 22.8 Å². The SMILES string of the molecule is CC1(C)C(=O)N(C2C3CC4CC2CC(C(N)=O)(C4)C3)CC1COc1ccc(C(F)(F)F)cn1. The van der Waals surface area contributed by atoms with Gasteiger partial charge in [0.25, 0.3) is 0 Å². The smallest absolute Gasteiger partial charge is 0.417 e. The summed E-state index contributed by atoms with van der Waals surface area (Å²) in [5, 5.41) is 0. The third-order valence-corrected chi connectivity index (χ3v) is 8.85. The van der Waals surface area contributed by atoms with Gasteiger partial charge in [-0.3, -0.25) is 9.59 Å². The van der Waals surface area contributed by atoms with Gasteiger partial charge in [-0.15, -0.1) is 0 Å². The maximum absolute atomic E-state index is 13.5. The predicted octanol–water partition coefficient (Wildman–Crippen LogP) is 3.64. The zero-order chi connectivity index (χ0) is 23.8. The highest BCUT2D eigenvalue weighted by Crippen LogP contribution is 2.61. The molecule has 9 heteroatoms. The summed E-state index contributed by atoms with van der Waals surface area (Å²) in [4.78, 5) is 31.5. The molecule has 6 nitrogen and oxygen atoms in total. The Labute approximate surface area is 191 Å². The average molecular weight is 466 g/mol. The third kappa shape index (κ3) is 3.58. The Bertz CT molecular complexity index is 946. The molecule has 3 unspecified atom stereocenters. The van der Waals surface area contributed by atoms with E-state index in [0.29, 0.717) is 24.3 Å². The molecule has 2 N–H and O–H groups in total. The number of primary amides is 1. The number of rotatable bonds is 5. The highest BCUT2D eigenvalue weighted by molar-refractivity contribution is 5.85. The van der Waals surface area contributed by atoms with Crippen molar-refractivity contribution in [1.29, 1.82) is 0 Å². The lowest BCUT2D eigenvalue weighted by Gasteiger charge is -2.60. The van der Waals surface area contributed by atoms with Crippen molar-refractivity contribution in [3.05, 3.63) is 23.9 Å². The third-order valence-electron chi connectivity index (χ3n) is 8.85. The Morgan fingerprint density at radius 1 is 1.21 bits per heavy atom. The van der Waals surface area contributed by atoms with Gasteiger partial charge < -0.3 is 15.4 Å². The van der Waals surface area contributed by atoms with Gasteiger partial charge in [0.2, 0.25) is 17.7 Å². The minimum absolute atomic E-state index is 0.0853. The van der Waals surface area contributed by atoms with Crippen LogP contribution in [0.4, 0.5) is 13.2 Å². The molecule has 5 aliphatic rings. The number of carbonyl (C=O) groups is 2. The Morgan fingerprint density at radius 3 is 2.42 bits per heavy atom. The largest absolute Gasteiger partial charge is 0.477 e. The molecule has 1 aliphatic heterocycles. The summed E-state index contributed by atoms with van der Waals surface area (Å²) in [6.07, 6.45) is 0.807. The number of hydrogen-bond donors (Lipinski definition) is 1. The van der Waals surface area contributed by atoms with Crippen molar-refractivity contribution in [2.45, 2.75) is 58.2 Å². The first kappa shape index (κ1) is 22.5. The summed E-state index contributed by atoms with van der Waals surface area (Å²) in [6, 6.07) is 2.28. The van der Waals surface area contributed by atoms with E-state index in [1.165, 1.54) is 6.07 Å². The highest BCUT2D eigenvalue weighted by atomic mass is 19.4. The normalized spacial score (nSPS) is 36.9. The van der Waals surface area contributed by atoms with Gasteiger partial charge in [-0.1, -0.05) is 13.8 Å². The molecule has 0 spiro atoms. The van der Waals surface area contributed by atoms with E-state index in [1.807, 2.05) is 18.7 Å². The van der Waals surface area contributed by atoms with Crippen LogP contribution in [-0.4, -0.2) is 40.9 Å². The second-order valence-corrected chi connectivity index (χ2v) is 11.2. The summed E-state index contributed by atoms with van der Waals surface area (Å²) < 4.78 is 44.0. The van der Waals surface area contributed by atoms with Gasteiger partial charge in [0.15, 0.2) is 0 Å². The number of likely N-dealkylation sites (tertiary alicyclic amines) is 1. The number of aromatic nitrogens is 1. The van der Waals surface area contributed by atoms with Crippen molar-refractivity contribution in [3.63, 3.8) is 0 Å². The highest BCUT2D eigenvalue weighted by Gasteiger charge is 2.61. The van der Waals surface area contributed by atoms with Crippen molar-refractivity contribution < 1.29 is 27.5 Å². The van der Waals surface area contributed by atoms with E-state index in [1.54, 1.807) is 0 Å². The van der Waals surface area contributed by atoms with E-state index >= 15 is 0 Å². The summed E-state index contributed by atoms with van der Waals surface area (Å²) >= 11 is 0. The number of carbonyl (C=O) groups excluding carboxylic acids is 2. The molecule has 5 fully saturated rings. The lowest BCUT2D eigenvalue weighted by atomic mass is 9.47. The van der Waals surface area contributed by atoms with Gasteiger partial charge in [-0.2, -0.15) is 13.2 Å². The summed E-state index contributed by atoms with van der Waals surface area (Å²) in [7, 11) is 0. The predicted molar refractivity (Wildman–Crippen MR) is 113 cm³/mol. The van der Waals surface area contributed by atoms with Gasteiger partial charge in [-0.25, -0.2) is 4.98 Å². The van der Waals surface area contributed by atoms with Crippen LogP contribution >= 0.6 is 0 Å².